The van der Waals surface area contributed by atoms with Gasteiger partial charge in [0.2, 0.25) is 0 Å². The molecule has 4 nitrogen and oxygen atoms in total. The molecule has 110 valence electrons. The highest BCUT2D eigenvalue weighted by Crippen LogP contribution is 2.62. The van der Waals surface area contributed by atoms with E-state index in [1.165, 1.54) is 11.1 Å². The van der Waals surface area contributed by atoms with Crippen LogP contribution in [0.15, 0.2) is 24.3 Å². The van der Waals surface area contributed by atoms with E-state index in [0.717, 1.165) is 19.4 Å². The van der Waals surface area contributed by atoms with E-state index in [9.17, 15) is 10.2 Å². The summed E-state index contributed by atoms with van der Waals surface area (Å²) in [5.74, 6) is 1.19. The Kier molecular flexibility index (Phi) is 2.08. The van der Waals surface area contributed by atoms with Gasteiger partial charge in [0.1, 0.15) is 12.2 Å². The lowest BCUT2D eigenvalue weighted by Crippen LogP contribution is -2.64. The number of hydrogen-bond acceptors (Lipinski definition) is 4. The van der Waals surface area contributed by atoms with Crippen LogP contribution in [0.5, 0.6) is 11.5 Å². The number of aliphatic hydroxyl groups excluding tert-OH is 1. The van der Waals surface area contributed by atoms with Crippen LogP contribution in [0.2, 0.25) is 0 Å². The third kappa shape index (κ3) is 1.21. The van der Waals surface area contributed by atoms with Crippen LogP contribution in [0.25, 0.3) is 0 Å². The van der Waals surface area contributed by atoms with Gasteiger partial charge in [-0.05, 0) is 38.1 Å². The molecule has 4 aliphatic rings. The Bertz CT molecular complexity index is 670. The maximum absolute atomic E-state index is 10.4. The van der Waals surface area contributed by atoms with Crippen molar-refractivity contribution in [3.63, 3.8) is 0 Å². The summed E-state index contributed by atoms with van der Waals surface area (Å²) in [6, 6.07) is 4.23. The average molecular weight is 285 g/mol. The summed E-state index contributed by atoms with van der Waals surface area (Å²) in [5, 5.41) is 20.6. The summed E-state index contributed by atoms with van der Waals surface area (Å²) in [5.41, 5.74) is 2.29. The molecule has 0 amide bonds. The van der Waals surface area contributed by atoms with Crippen LogP contribution in [-0.4, -0.2) is 47.0 Å². The standard InChI is InChI=1S/C17H19NO3/c1-18-7-6-17-10-3-5-13(20)16(17)21-15-12(19)4-2-9(14(15)17)8-11(10)18/h2-5,10-11,13,16,19-20H,6-8H2,1H3/t10-,11-,13-,16?,17?/m0/s1. The molecule has 4 heteroatoms. The van der Waals surface area contributed by atoms with E-state index in [1.54, 1.807) is 6.07 Å². The Labute approximate surface area is 123 Å². The van der Waals surface area contributed by atoms with Crippen LogP contribution in [-0.2, 0) is 11.8 Å². The smallest absolute Gasteiger partial charge is 0.165 e. The van der Waals surface area contributed by atoms with Crippen LogP contribution >= 0.6 is 0 Å². The van der Waals surface area contributed by atoms with Gasteiger partial charge in [-0.3, -0.25) is 0 Å². The van der Waals surface area contributed by atoms with Gasteiger partial charge >= 0.3 is 0 Å². The van der Waals surface area contributed by atoms with E-state index in [4.69, 9.17) is 4.74 Å². The van der Waals surface area contributed by atoms with Gasteiger partial charge in [-0.1, -0.05) is 18.2 Å². The number of phenolic OH excluding ortho intramolecular Hbond substituents is 1. The number of ether oxygens (including phenoxy) is 1. The van der Waals surface area contributed by atoms with Crippen molar-refractivity contribution in [2.75, 3.05) is 13.6 Å². The maximum atomic E-state index is 10.4. The van der Waals surface area contributed by atoms with E-state index in [-0.39, 0.29) is 17.3 Å². The van der Waals surface area contributed by atoms with Crippen LogP contribution in [0.4, 0.5) is 0 Å². The van der Waals surface area contributed by atoms with Crippen molar-refractivity contribution in [1.82, 2.24) is 4.90 Å². The number of phenols is 1. The van der Waals surface area contributed by atoms with Crippen LogP contribution in [0.3, 0.4) is 0 Å². The zero-order valence-electron chi connectivity index (χ0n) is 12.0. The minimum atomic E-state index is -0.594. The molecular weight excluding hydrogens is 266 g/mol. The van der Waals surface area contributed by atoms with Crippen molar-refractivity contribution in [3.8, 4) is 11.5 Å². The second kappa shape index (κ2) is 3.62. The van der Waals surface area contributed by atoms with E-state index >= 15 is 0 Å². The summed E-state index contributed by atoms with van der Waals surface area (Å²) in [6.07, 6.45) is 5.18. The van der Waals surface area contributed by atoms with E-state index in [1.807, 2.05) is 12.1 Å². The highest BCUT2D eigenvalue weighted by atomic mass is 16.5. The average Bonchev–Trinajstić information content (AvgIpc) is 2.83. The first-order valence-corrected chi connectivity index (χ1v) is 7.71. The van der Waals surface area contributed by atoms with Gasteiger partial charge < -0.3 is 19.8 Å². The van der Waals surface area contributed by atoms with Gasteiger partial charge in [-0.2, -0.15) is 0 Å². The number of hydrogen-bond donors (Lipinski definition) is 2. The highest BCUT2D eigenvalue weighted by molar-refractivity contribution is 5.61. The Morgan fingerprint density at radius 1 is 1.33 bits per heavy atom. The fourth-order valence-electron chi connectivity index (χ4n) is 5.24. The number of likely N-dealkylation sites (tertiary alicyclic amines) is 1. The van der Waals surface area contributed by atoms with Crippen molar-refractivity contribution in [2.24, 2.45) is 5.92 Å². The molecule has 2 heterocycles. The Balaban J connectivity index is 1.84. The Morgan fingerprint density at radius 3 is 3.05 bits per heavy atom. The molecule has 2 aliphatic heterocycles. The molecule has 0 saturated carbocycles. The van der Waals surface area contributed by atoms with Gasteiger partial charge in [-0.15, -0.1) is 0 Å². The lowest BCUT2D eigenvalue weighted by Gasteiger charge is -2.56. The fourth-order valence-corrected chi connectivity index (χ4v) is 5.24. The number of benzene rings is 1. The molecule has 2 bridgehead atoms. The predicted molar refractivity (Wildman–Crippen MR) is 77.6 cm³/mol. The first-order chi connectivity index (χ1) is 10.1. The molecule has 2 N–H and O–H groups in total. The van der Waals surface area contributed by atoms with Crippen LogP contribution in [0, 0.1) is 5.92 Å². The Hall–Kier alpha value is -1.52. The number of likely N-dealkylation sites (N-methyl/N-ethyl adjacent to an activating group) is 1. The largest absolute Gasteiger partial charge is 0.504 e. The maximum Gasteiger partial charge on any atom is 0.165 e. The number of nitrogens with zero attached hydrogens (tertiary/aromatic N) is 1. The molecule has 0 radical (unpaired) electrons. The lowest BCUT2D eigenvalue weighted by molar-refractivity contribution is -0.0453. The normalized spacial score (nSPS) is 42.6. The number of aromatic hydroxyl groups is 1. The minimum Gasteiger partial charge on any atom is -0.504 e. The first-order valence-electron chi connectivity index (χ1n) is 7.71. The summed E-state index contributed by atoms with van der Waals surface area (Å²) in [4.78, 5) is 2.43. The third-order valence-corrected chi connectivity index (χ3v) is 6.15. The zero-order chi connectivity index (χ0) is 14.4. The van der Waals surface area contributed by atoms with Gasteiger partial charge in [0.05, 0.1) is 0 Å². The van der Waals surface area contributed by atoms with Crippen molar-refractivity contribution in [1.29, 1.82) is 0 Å². The molecule has 2 unspecified atom stereocenters. The molecule has 1 spiro atoms. The predicted octanol–water partition coefficient (Wildman–Crippen LogP) is 1.20. The van der Waals surface area contributed by atoms with Crippen molar-refractivity contribution in [2.45, 2.75) is 36.5 Å². The van der Waals surface area contributed by atoms with Gasteiger partial charge in [0.15, 0.2) is 11.5 Å². The minimum absolute atomic E-state index is 0.160. The number of piperidine rings is 1. The van der Waals surface area contributed by atoms with Gasteiger partial charge in [-0.25, -0.2) is 0 Å². The summed E-state index contributed by atoms with van der Waals surface area (Å²) < 4.78 is 6.09. The van der Waals surface area contributed by atoms with Gasteiger partial charge in [0, 0.05) is 22.9 Å². The molecule has 1 saturated heterocycles. The highest BCUT2D eigenvalue weighted by Gasteiger charge is 2.64. The van der Waals surface area contributed by atoms with Crippen LogP contribution in [0.1, 0.15) is 17.5 Å². The Morgan fingerprint density at radius 2 is 2.19 bits per heavy atom. The summed E-state index contributed by atoms with van der Waals surface area (Å²) in [6.45, 7) is 1.01. The van der Waals surface area contributed by atoms with E-state index in [2.05, 4.69) is 18.0 Å². The number of aliphatic hydroxyl groups is 1. The molecular formula is C17H19NO3. The molecule has 21 heavy (non-hydrogen) atoms. The molecule has 1 aromatic carbocycles. The molecule has 1 aromatic rings. The lowest BCUT2D eigenvalue weighted by atomic mass is 9.53. The molecule has 2 aliphatic carbocycles. The second-order valence-electron chi connectivity index (χ2n) is 6.93. The fraction of sp³-hybridized carbons (Fsp3) is 0.529. The second-order valence-corrected chi connectivity index (χ2v) is 6.93. The molecule has 5 rings (SSSR count). The quantitative estimate of drug-likeness (QED) is 0.703. The molecule has 1 fully saturated rings. The summed E-state index contributed by atoms with van der Waals surface area (Å²) in [7, 11) is 2.19. The topological polar surface area (TPSA) is 52.9 Å². The van der Waals surface area contributed by atoms with Crippen molar-refractivity contribution < 1.29 is 14.9 Å². The number of rotatable bonds is 0. The van der Waals surface area contributed by atoms with Crippen molar-refractivity contribution in [3.05, 3.63) is 35.4 Å². The zero-order valence-corrected chi connectivity index (χ0v) is 12.0. The summed E-state index contributed by atoms with van der Waals surface area (Å²) >= 11 is 0. The van der Waals surface area contributed by atoms with E-state index < -0.39 is 6.10 Å². The first kappa shape index (κ1) is 12.1. The molecule has 0 aromatic heterocycles. The third-order valence-electron chi connectivity index (χ3n) is 6.15. The van der Waals surface area contributed by atoms with E-state index in [0.29, 0.717) is 17.7 Å². The van der Waals surface area contributed by atoms with Crippen molar-refractivity contribution >= 4 is 0 Å². The monoisotopic (exact) mass is 285 g/mol. The SMILES string of the molecule is CN1CCC23c4c5ccc(O)c4OC2[C@@H](O)C=C[C@H]3[C@@H]1C5. The molecule has 5 atom stereocenters. The van der Waals surface area contributed by atoms with Gasteiger partial charge in [0.25, 0.3) is 0 Å². The van der Waals surface area contributed by atoms with Crippen LogP contribution < -0.4 is 4.74 Å².